The number of rotatable bonds is 3. The molecule has 1 amide bonds. The number of amides is 1. The first-order valence-corrected chi connectivity index (χ1v) is 9.53. The predicted octanol–water partition coefficient (Wildman–Crippen LogP) is 2.38. The van der Waals surface area contributed by atoms with Gasteiger partial charge in [0.1, 0.15) is 11.5 Å². The summed E-state index contributed by atoms with van der Waals surface area (Å²) in [6.45, 7) is 2.58. The summed E-state index contributed by atoms with van der Waals surface area (Å²) in [5, 5.41) is 12.5. The first-order valence-electron chi connectivity index (χ1n) is 9.53. The Kier molecular flexibility index (Phi) is 4.76. The third kappa shape index (κ3) is 3.38. The van der Waals surface area contributed by atoms with E-state index in [4.69, 9.17) is 10.3 Å². The third-order valence-electron chi connectivity index (χ3n) is 5.60. The molecule has 8 heteroatoms. The number of piperidine rings is 1. The molecular weight excluding hydrogens is 332 g/mol. The van der Waals surface area contributed by atoms with Gasteiger partial charge < -0.3 is 15.2 Å². The number of hydrogen-bond acceptors (Lipinski definition) is 6. The smallest absolute Gasteiger partial charge is 0.276 e. The van der Waals surface area contributed by atoms with Gasteiger partial charge in [-0.25, -0.2) is 4.68 Å². The van der Waals surface area contributed by atoms with Crippen LogP contribution in [-0.4, -0.2) is 43.5 Å². The van der Waals surface area contributed by atoms with Gasteiger partial charge in [0.15, 0.2) is 5.69 Å². The Morgan fingerprint density at radius 2 is 2.04 bits per heavy atom. The van der Waals surface area contributed by atoms with Crippen molar-refractivity contribution in [2.75, 3.05) is 6.54 Å². The highest BCUT2D eigenvalue weighted by Gasteiger charge is 2.32. The number of nitrogens with zero attached hydrogens (tertiary/aromatic N) is 5. The van der Waals surface area contributed by atoms with E-state index in [0.29, 0.717) is 18.3 Å². The average Bonchev–Trinajstić information content (AvgIpc) is 3.31. The van der Waals surface area contributed by atoms with Crippen LogP contribution in [0.3, 0.4) is 0 Å². The lowest BCUT2D eigenvalue weighted by Gasteiger charge is -2.33. The molecule has 140 valence electrons. The molecule has 0 bridgehead atoms. The largest absolute Gasteiger partial charge is 0.361 e. The quantitative estimate of drug-likeness (QED) is 0.903. The van der Waals surface area contributed by atoms with Crippen LogP contribution in [0, 0.1) is 6.92 Å². The molecule has 8 nitrogen and oxygen atoms in total. The second kappa shape index (κ2) is 7.19. The standard InChI is InChI=1S/C18H26N6O2/c1-12-10-15(21-26-12)17-4-2-3-9-23(17)18(25)16-11-24(22-20-16)14-7-5-13(19)6-8-14/h10-11,13-14,17H,2-9,19H2,1H3. The Hall–Kier alpha value is -2.22. The summed E-state index contributed by atoms with van der Waals surface area (Å²) in [4.78, 5) is 14.9. The lowest BCUT2D eigenvalue weighted by Crippen LogP contribution is -2.38. The number of carbonyl (C=O) groups excluding carboxylic acids is 1. The van der Waals surface area contributed by atoms with Crippen LogP contribution in [0.2, 0.25) is 0 Å². The molecule has 1 unspecified atom stereocenters. The van der Waals surface area contributed by atoms with Gasteiger partial charge in [-0.1, -0.05) is 10.4 Å². The van der Waals surface area contributed by atoms with Crippen LogP contribution >= 0.6 is 0 Å². The zero-order valence-corrected chi connectivity index (χ0v) is 15.2. The van der Waals surface area contributed by atoms with Crippen molar-refractivity contribution in [3.05, 3.63) is 29.4 Å². The Bertz CT molecular complexity index is 761. The van der Waals surface area contributed by atoms with Gasteiger partial charge in [0, 0.05) is 18.7 Å². The van der Waals surface area contributed by atoms with Crippen molar-refractivity contribution in [1.29, 1.82) is 0 Å². The number of carbonyl (C=O) groups is 1. The van der Waals surface area contributed by atoms with Crippen molar-refractivity contribution < 1.29 is 9.32 Å². The fourth-order valence-electron chi connectivity index (χ4n) is 4.09. The zero-order chi connectivity index (χ0) is 18.1. The normalized spacial score (nSPS) is 26.8. The first kappa shape index (κ1) is 17.2. The maximum absolute atomic E-state index is 13.1. The second-order valence-corrected chi connectivity index (χ2v) is 7.52. The van der Waals surface area contributed by atoms with Crippen molar-refractivity contribution in [1.82, 2.24) is 25.1 Å². The molecule has 2 aromatic rings. The fraction of sp³-hybridized carbons (Fsp3) is 0.667. The zero-order valence-electron chi connectivity index (χ0n) is 15.2. The van der Waals surface area contributed by atoms with E-state index >= 15 is 0 Å². The van der Waals surface area contributed by atoms with Gasteiger partial charge in [-0.2, -0.15) is 0 Å². The topological polar surface area (TPSA) is 103 Å². The average molecular weight is 358 g/mol. The third-order valence-corrected chi connectivity index (χ3v) is 5.60. The van der Waals surface area contributed by atoms with E-state index in [9.17, 15) is 4.79 Å². The molecule has 2 fully saturated rings. The van der Waals surface area contributed by atoms with Crippen molar-refractivity contribution in [2.45, 2.75) is 70.0 Å². The van der Waals surface area contributed by atoms with Crippen molar-refractivity contribution in [3.8, 4) is 0 Å². The van der Waals surface area contributed by atoms with Crippen molar-refractivity contribution >= 4 is 5.91 Å². The minimum Gasteiger partial charge on any atom is -0.361 e. The summed E-state index contributed by atoms with van der Waals surface area (Å²) in [7, 11) is 0. The van der Waals surface area contributed by atoms with Gasteiger partial charge in [0.2, 0.25) is 0 Å². The van der Waals surface area contributed by atoms with E-state index in [2.05, 4.69) is 15.5 Å². The first-order chi connectivity index (χ1) is 12.6. The number of hydrogen-bond donors (Lipinski definition) is 1. The summed E-state index contributed by atoms with van der Waals surface area (Å²) in [6.07, 6.45) is 8.73. The molecule has 1 atom stereocenters. The molecule has 1 aliphatic carbocycles. The Labute approximate surface area is 152 Å². The van der Waals surface area contributed by atoms with Gasteiger partial charge in [0.05, 0.1) is 18.3 Å². The Morgan fingerprint density at radius 3 is 2.77 bits per heavy atom. The number of aromatic nitrogens is 4. The lowest BCUT2D eigenvalue weighted by atomic mass is 9.92. The Morgan fingerprint density at radius 1 is 1.23 bits per heavy atom. The van der Waals surface area contributed by atoms with E-state index in [1.807, 2.05) is 22.6 Å². The van der Waals surface area contributed by atoms with Gasteiger partial charge in [-0.05, 0) is 51.9 Å². The van der Waals surface area contributed by atoms with Crippen LogP contribution in [0.15, 0.2) is 16.8 Å². The molecule has 1 saturated heterocycles. The highest BCUT2D eigenvalue weighted by atomic mass is 16.5. The molecule has 1 aliphatic heterocycles. The molecule has 0 aromatic carbocycles. The minimum absolute atomic E-state index is 0.0495. The summed E-state index contributed by atoms with van der Waals surface area (Å²) < 4.78 is 7.06. The van der Waals surface area contributed by atoms with Gasteiger partial charge in [0.25, 0.3) is 5.91 Å². The Balaban J connectivity index is 1.51. The molecule has 2 aliphatic rings. The number of aryl methyl sites for hydroxylation is 1. The number of nitrogens with two attached hydrogens (primary N) is 1. The predicted molar refractivity (Wildman–Crippen MR) is 94.4 cm³/mol. The molecule has 2 N–H and O–H groups in total. The van der Waals surface area contributed by atoms with E-state index in [1.165, 1.54) is 0 Å². The minimum atomic E-state index is -0.0749. The molecule has 0 radical (unpaired) electrons. The summed E-state index contributed by atoms with van der Waals surface area (Å²) in [5.41, 5.74) is 7.21. The van der Waals surface area contributed by atoms with Crippen LogP contribution in [0.5, 0.6) is 0 Å². The summed E-state index contributed by atoms with van der Waals surface area (Å²) in [6, 6.07) is 2.44. The van der Waals surface area contributed by atoms with Crippen LogP contribution in [0.4, 0.5) is 0 Å². The second-order valence-electron chi connectivity index (χ2n) is 7.52. The van der Waals surface area contributed by atoms with Crippen LogP contribution in [0.1, 0.15) is 79.0 Å². The highest BCUT2D eigenvalue weighted by molar-refractivity contribution is 5.92. The molecule has 26 heavy (non-hydrogen) atoms. The van der Waals surface area contributed by atoms with Gasteiger partial charge in [-0.15, -0.1) is 5.10 Å². The van der Waals surface area contributed by atoms with Gasteiger partial charge >= 0.3 is 0 Å². The molecule has 0 spiro atoms. The maximum Gasteiger partial charge on any atom is 0.276 e. The SMILES string of the molecule is Cc1cc(C2CCCCN2C(=O)c2cn(C3CCC(N)CC3)nn2)no1. The summed E-state index contributed by atoms with van der Waals surface area (Å²) >= 11 is 0. The highest BCUT2D eigenvalue weighted by Crippen LogP contribution is 2.32. The van der Waals surface area contributed by atoms with Crippen molar-refractivity contribution in [2.24, 2.45) is 5.73 Å². The molecule has 3 heterocycles. The van der Waals surface area contributed by atoms with Crippen LogP contribution < -0.4 is 5.73 Å². The lowest BCUT2D eigenvalue weighted by molar-refractivity contribution is 0.0595. The molecule has 2 aromatic heterocycles. The van der Waals surface area contributed by atoms with E-state index < -0.39 is 0 Å². The van der Waals surface area contributed by atoms with Gasteiger partial charge in [-0.3, -0.25) is 4.79 Å². The molecular formula is C18H26N6O2. The van der Waals surface area contributed by atoms with E-state index in [0.717, 1.165) is 56.4 Å². The van der Waals surface area contributed by atoms with Crippen LogP contribution in [0.25, 0.3) is 0 Å². The van der Waals surface area contributed by atoms with Crippen molar-refractivity contribution in [3.63, 3.8) is 0 Å². The maximum atomic E-state index is 13.1. The van der Waals surface area contributed by atoms with E-state index in [1.54, 1.807) is 6.20 Å². The fourth-order valence-corrected chi connectivity index (χ4v) is 4.09. The molecule has 4 rings (SSSR count). The van der Waals surface area contributed by atoms with Crippen LogP contribution in [-0.2, 0) is 0 Å². The monoisotopic (exact) mass is 358 g/mol. The van der Waals surface area contributed by atoms with E-state index in [-0.39, 0.29) is 18.0 Å². The molecule has 1 saturated carbocycles. The summed E-state index contributed by atoms with van der Waals surface area (Å²) in [5.74, 6) is 0.688. The number of likely N-dealkylation sites (tertiary alicyclic amines) is 1.